The highest BCUT2D eigenvalue weighted by Gasteiger charge is 2.41. The van der Waals surface area contributed by atoms with E-state index < -0.39 is 5.60 Å². The van der Waals surface area contributed by atoms with Crippen LogP contribution in [0.5, 0.6) is 5.75 Å². The quantitative estimate of drug-likeness (QED) is 0.282. The number of para-hydroxylation sites is 1. The van der Waals surface area contributed by atoms with Crippen molar-refractivity contribution in [3.63, 3.8) is 0 Å². The zero-order valence-corrected chi connectivity index (χ0v) is 21.3. The van der Waals surface area contributed by atoms with Crippen molar-refractivity contribution in [3.8, 4) is 5.75 Å². The van der Waals surface area contributed by atoms with E-state index in [1.165, 1.54) is 6.33 Å². The topological polar surface area (TPSA) is 82.0 Å². The molecule has 0 aliphatic heterocycles. The number of H-pyrrole nitrogens is 1. The highest BCUT2D eigenvalue weighted by molar-refractivity contribution is 5.68. The molecule has 0 saturated heterocycles. The van der Waals surface area contributed by atoms with Crippen LogP contribution >= 0.6 is 0 Å². The third kappa shape index (κ3) is 4.19. The van der Waals surface area contributed by atoms with Crippen molar-refractivity contribution in [1.82, 2.24) is 19.5 Å². The zero-order chi connectivity index (χ0) is 26.0. The van der Waals surface area contributed by atoms with E-state index in [0.29, 0.717) is 23.7 Å². The summed E-state index contributed by atoms with van der Waals surface area (Å²) in [6.45, 7) is 0.568. The summed E-state index contributed by atoms with van der Waals surface area (Å²) in [5.74, 6) is 1.12. The number of methoxy groups -OCH3 is 1. The first kappa shape index (κ1) is 24.1. The zero-order valence-electron chi connectivity index (χ0n) is 21.3. The van der Waals surface area contributed by atoms with Crippen LogP contribution in [0.25, 0.3) is 11.2 Å². The summed E-state index contributed by atoms with van der Waals surface area (Å²) in [5.41, 5.74) is 3.04. The van der Waals surface area contributed by atoms with Gasteiger partial charge in [0.2, 0.25) is 0 Å². The van der Waals surface area contributed by atoms with Crippen molar-refractivity contribution in [2.24, 2.45) is 5.92 Å². The second kappa shape index (κ2) is 10.3. The first-order valence-electron chi connectivity index (χ1n) is 13.0. The molecule has 5 aromatic rings. The van der Waals surface area contributed by atoms with Gasteiger partial charge in [0, 0.05) is 11.6 Å². The third-order valence-electron chi connectivity index (χ3n) is 7.65. The lowest BCUT2D eigenvalue weighted by molar-refractivity contribution is -0.00893. The summed E-state index contributed by atoms with van der Waals surface area (Å²) in [5, 5.41) is 0. The molecule has 38 heavy (non-hydrogen) atoms. The molecule has 2 heterocycles. The third-order valence-corrected chi connectivity index (χ3v) is 7.65. The van der Waals surface area contributed by atoms with Gasteiger partial charge in [0.15, 0.2) is 11.2 Å². The molecular formula is C31H30N4O3. The van der Waals surface area contributed by atoms with Gasteiger partial charge in [-0.15, -0.1) is 0 Å². The summed E-state index contributed by atoms with van der Waals surface area (Å²) >= 11 is 0. The van der Waals surface area contributed by atoms with Gasteiger partial charge in [0.1, 0.15) is 11.4 Å². The molecule has 6 rings (SSSR count). The number of aromatic nitrogens is 4. The average Bonchev–Trinajstić information content (AvgIpc) is 3.63. The SMILES string of the molecule is COc1ccccc1C(OC[C@@H]1CC[C@H](n2cnc3c(=O)[nH]cnc32)C1)(c1ccccc1)c1ccccc1. The normalized spacial score (nSPS) is 17.6. The van der Waals surface area contributed by atoms with Crippen molar-refractivity contribution in [2.45, 2.75) is 30.9 Å². The lowest BCUT2D eigenvalue weighted by Gasteiger charge is -2.37. The molecule has 1 saturated carbocycles. The van der Waals surface area contributed by atoms with Crippen LogP contribution in [0, 0.1) is 5.92 Å². The van der Waals surface area contributed by atoms with Gasteiger partial charge in [-0.2, -0.15) is 0 Å². The summed E-state index contributed by atoms with van der Waals surface area (Å²) in [4.78, 5) is 23.5. The fourth-order valence-electron chi connectivity index (χ4n) is 5.83. The Bertz CT molecular complexity index is 1540. The molecular weight excluding hydrogens is 476 g/mol. The molecule has 2 atom stereocenters. The first-order valence-corrected chi connectivity index (χ1v) is 13.0. The van der Waals surface area contributed by atoms with Crippen LogP contribution in [0.2, 0.25) is 0 Å². The molecule has 0 radical (unpaired) electrons. The standard InChI is InChI=1S/C31H30N4O3/c1-37-27-15-9-8-14-26(27)31(23-10-4-2-5-11-23,24-12-6-3-7-13-24)38-19-22-16-17-25(18-22)35-21-34-28-29(35)32-20-33-30(28)36/h2-15,20-22,25H,16-19H2,1H3,(H,32,33,36)/t22-,25+/m1/s1. The van der Waals surface area contributed by atoms with Crippen molar-refractivity contribution >= 4 is 11.2 Å². The van der Waals surface area contributed by atoms with Crippen molar-refractivity contribution in [1.29, 1.82) is 0 Å². The Balaban J connectivity index is 1.36. The number of rotatable bonds is 8. The minimum atomic E-state index is -0.843. The molecule has 0 amide bonds. The number of benzene rings is 3. The number of imidazole rings is 1. The summed E-state index contributed by atoms with van der Waals surface area (Å²) in [6, 6.07) is 29.1. The van der Waals surface area contributed by atoms with Crippen LogP contribution in [0.3, 0.4) is 0 Å². The monoisotopic (exact) mass is 506 g/mol. The summed E-state index contributed by atoms with van der Waals surface area (Å²) in [6.07, 6.45) is 6.10. The van der Waals surface area contributed by atoms with Gasteiger partial charge in [0.25, 0.3) is 5.56 Å². The maximum atomic E-state index is 12.1. The van der Waals surface area contributed by atoms with Gasteiger partial charge in [-0.1, -0.05) is 78.9 Å². The number of ether oxygens (including phenoxy) is 2. The van der Waals surface area contributed by atoms with E-state index in [4.69, 9.17) is 9.47 Å². The lowest BCUT2D eigenvalue weighted by atomic mass is 9.79. The minimum absolute atomic E-state index is 0.209. The number of nitrogens with zero attached hydrogens (tertiary/aromatic N) is 3. The lowest BCUT2D eigenvalue weighted by Crippen LogP contribution is -2.35. The summed E-state index contributed by atoms with van der Waals surface area (Å²) < 4.78 is 15.0. The van der Waals surface area contributed by atoms with Gasteiger partial charge in [-0.05, 0) is 42.4 Å². The van der Waals surface area contributed by atoms with Crippen LogP contribution in [-0.2, 0) is 10.3 Å². The van der Waals surface area contributed by atoms with Gasteiger partial charge in [-0.25, -0.2) is 9.97 Å². The number of aromatic amines is 1. The first-order chi connectivity index (χ1) is 18.7. The molecule has 1 fully saturated rings. The molecule has 7 heteroatoms. The largest absolute Gasteiger partial charge is 0.496 e. The fraction of sp³-hybridized carbons (Fsp3) is 0.258. The molecule has 192 valence electrons. The Kier molecular flexibility index (Phi) is 6.52. The Morgan fingerprint density at radius 2 is 1.61 bits per heavy atom. The van der Waals surface area contributed by atoms with E-state index in [1.807, 2.05) is 34.9 Å². The predicted molar refractivity (Wildman–Crippen MR) is 146 cm³/mol. The molecule has 0 unspecified atom stereocenters. The Hall–Kier alpha value is -4.23. The second-order valence-electron chi connectivity index (χ2n) is 9.81. The Morgan fingerprint density at radius 3 is 2.32 bits per heavy atom. The van der Waals surface area contributed by atoms with E-state index in [-0.39, 0.29) is 11.6 Å². The number of nitrogens with one attached hydrogen (secondary N) is 1. The second-order valence-corrected chi connectivity index (χ2v) is 9.81. The minimum Gasteiger partial charge on any atom is -0.496 e. The van der Waals surface area contributed by atoms with E-state index in [2.05, 4.69) is 69.5 Å². The smallest absolute Gasteiger partial charge is 0.278 e. The summed E-state index contributed by atoms with van der Waals surface area (Å²) in [7, 11) is 1.70. The molecule has 7 nitrogen and oxygen atoms in total. The molecule has 0 spiro atoms. The van der Waals surface area contributed by atoms with Crippen LogP contribution in [0.4, 0.5) is 0 Å². The van der Waals surface area contributed by atoms with Gasteiger partial charge >= 0.3 is 0 Å². The molecule has 2 aromatic heterocycles. The maximum Gasteiger partial charge on any atom is 0.278 e. The number of fused-ring (bicyclic) bond motifs is 1. The van der Waals surface area contributed by atoms with Gasteiger partial charge in [-0.3, -0.25) is 4.79 Å². The molecule has 1 aliphatic rings. The van der Waals surface area contributed by atoms with Crippen LogP contribution < -0.4 is 10.3 Å². The van der Waals surface area contributed by atoms with E-state index in [1.54, 1.807) is 13.4 Å². The highest BCUT2D eigenvalue weighted by Crippen LogP contribution is 2.46. The van der Waals surface area contributed by atoms with Gasteiger partial charge < -0.3 is 19.0 Å². The Labute approximate surface area is 221 Å². The molecule has 3 aromatic carbocycles. The average molecular weight is 507 g/mol. The fourth-order valence-corrected chi connectivity index (χ4v) is 5.83. The predicted octanol–water partition coefficient (Wildman–Crippen LogP) is 5.48. The highest BCUT2D eigenvalue weighted by atomic mass is 16.5. The van der Waals surface area contributed by atoms with Crippen molar-refractivity contribution in [3.05, 3.63) is 125 Å². The van der Waals surface area contributed by atoms with E-state index >= 15 is 0 Å². The molecule has 1 aliphatic carbocycles. The van der Waals surface area contributed by atoms with Crippen LogP contribution in [0.1, 0.15) is 42.0 Å². The molecule has 0 bridgehead atoms. The van der Waals surface area contributed by atoms with Gasteiger partial charge in [0.05, 0.1) is 26.4 Å². The van der Waals surface area contributed by atoms with Crippen LogP contribution in [0.15, 0.2) is 102 Å². The Morgan fingerprint density at radius 1 is 0.921 bits per heavy atom. The number of hydrogen-bond donors (Lipinski definition) is 1. The number of hydrogen-bond acceptors (Lipinski definition) is 5. The van der Waals surface area contributed by atoms with Crippen molar-refractivity contribution < 1.29 is 9.47 Å². The molecule has 1 N–H and O–H groups in total. The van der Waals surface area contributed by atoms with Crippen molar-refractivity contribution in [2.75, 3.05) is 13.7 Å². The maximum absolute atomic E-state index is 12.1. The van der Waals surface area contributed by atoms with E-state index in [9.17, 15) is 4.79 Å². The van der Waals surface area contributed by atoms with E-state index in [0.717, 1.165) is 41.7 Å². The van der Waals surface area contributed by atoms with Crippen LogP contribution in [-0.4, -0.2) is 33.2 Å².